The first-order chi connectivity index (χ1) is 15.0. The third-order valence-electron chi connectivity index (χ3n) is 5.03. The summed E-state index contributed by atoms with van der Waals surface area (Å²) in [5.74, 6) is -0.0533. The van der Waals surface area contributed by atoms with Gasteiger partial charge in [-0.2, -0.15) is 0 Å². The molecule has 8 nitrogen and oxygen atoms in total. The van der Waals surface area contributed by atoms with Gasteiger partial charge in [0.05, 0.1) is 0 Å². The van der Waals surface area contributed by atoms with E-state index in [2.05, 4.69) is 15.3 Å². The number of fused-ring (bicyclic) bond motifs is 1. The fraction of sp³-hybridized carbons (Fsp3) is 0.174. The second-order valence-electron chi connectivity index (χ2n) is 7.13. The summed E-state index contributed by atoms with van der Waals surface area (Å²) in [6, 6.07) is 16.7. The number of aromatic nitrogens is 4. The van der Waals surface area contributed by atoms with Gasteiger partial charge in [0.25, 0.3) is 5.56 Å². The molecule has 156 valence electrons. The Kier molecular flexibility index (Phi) is 5.44. The number of benzene rings is 2. The third-order valence-corrected chi connectivity index (χ3v) is 5.03. The number of carbonyl (C=O) groups excluding carboxylic acids is 1. The lowest BCUT2D eigenvalue weighted by Gasteiger charge is -2.11. The van der Waals surface area contributed by atoms with Crippen LogP contribution in [0.4, 0.5) is 5.69 Å². The molecular formula is C23H21N5O3. The molecule has 0 bridgehead atoms. The first-order valence-electron chi connectivity index (χ1n) is 9.88. The van der Waals surface area contributed by atoms with Gasteiger partial charge in [0, 0.05) is 24.5 Å². The quantitative estimate of drug-likeness (QED) is 0.540. The Bertz CT molecular complexity index is 1390. The van der Waals surface area contributed by atoms with E-state index in [1.54, 1.807) is 6.07 Å². The van der Waals surface area contributed by atoms with Crippen molar-refractivity contribution in [2.45, 2.75) is 19.9 Å². The van der Waals surface area contributed by atoms with Crippen LogP contribution in [0.5, 0.6) is 0 Å². The molecule has 0 spiro atoms. The molecule has 0 aliphatic heterocycles. The summed E-state index contributed by atoms with van der Waals surface area (Å²) in [5.41, 5.74) is 1.46. The van der Waals surface area contributed by atoms with Gasteiger partial charge in [-0.25, -0.2) is 14.8 Å². The lowest BCUT2D eigenvalue weighted by molar-refractivity contribution is -0.116. The van der Waals surface area contributed by atoms with Crippen LogP contribution < -0.4 is 16.6 Å². The predicted molar refractivity (Wildman–Crippen MR) is 119 cm³/mol. The maximum absolute atomic E-state index is 12.9. The zero-order valence-electron chi connectivity index (χ0n) is 17.2. The van der Waals surface area contributed by atoms with E-state index in [0.717, 1.165) is 22.1 Å². The molecule has 0 aliphatic carbocycles. The highest BCUT2D eigenvalue weighted by Crippen LogP contribution is 2.15. The number of carbonyl (C=O) groups is 1. The van der Waals surface area contributed by atoms with Crippen molar-refractivity contribution < 1.29 is 4.79 Å². The SMILES string of the molecule is CCc1cccc(NC(=O)Cn2c(=O)c3cnc(-c4ccccc4)nc3n(C)c2=O)c1. The normalized spacial score (nSPS) is 10.9. The molecule has 0 unspecified atom stereocenters. The van der Waals surface area contributed by atoms with Crippen molar-refractivity contribution in [3.8, 4) is 11.4 Å². The molecule has 0 saturated carbocycles. The molecule has 2 heterocycles. The average molecular weight is 415 g/mol. The first kappa shape index (κ1) is 20.2. The largest absolute Gasteiger partial charge is 0.332 e. The van der Waals surface area contributed by atoms with Crippen LogP contribution in [0.3, 0.4) is 0 Å². The van der Waals surface area contributed by atoms with Crippen molar-refractivity contribution in [1.29, 1.82) is 0 Å². The van der Waals surface area contributed by atoms with E-state index in [1.165, 1.54) is 17.8 Å². The minimum atomic E-state index is -0.618. The summed E-state index contributed by atoms with van der Waals surface area (Å²) in [6.45, 7) is 1.61. The Morgan fingerprint density at radius 1 is 1.06 bits per heavy atom. The summed E-state index contributed by atoms with van der Waals surface area (Å²) in [7, 11) is 1.52. The number of hydrogen-bond acceptors (Lipinski definition) is 5. The molecule has 8 heteroatoms. The van der Waals surface area contributed by atoms with Crippen molar-refractivity contribution in [2.24, 2.45) is 7.05 Å². The monoisotopic (exact) mass is 415 g/mol. The standard InChI is InChI=1S/C23H21N5O3/c1-3-15-8-7-11-17(12-15)25-19(29)14-28-22(30)18-13-24-20(16-9-5-4-6-10-16)26-21(18)27(2)23(28)31/h4-13H,3,14H2,1-2H3,(H,25,29). The second-order valence-corrected chi connectivity index (χ2v) is 7.13. The van der Waals surface area contributed by atoms with E-state index < -0.39 is 23.7 Å². The van der Waals surface area contributed by atoms with Crippen LogP contribution in [0.25, 0.3) is 22.4 Å². The van der Waals surface area contributed by atoms with Crippen LogP contribution in [-0.2, 0) is 24.8 Å². The summed E-state index contributed by atoms with van der Waals surface area (Å²) in [6.07, 6.45) is 2.23. The highest BCUT2D eigenvalue weighted by molar-refractivity contribution is 5.90. The summed E-state index contributed by atoms with van der Waals surface area (Å²) in [5, 5.41) is 2.91. The average Bonchev–Trinajstić information content (AvgIpc) is 2.80. The second kappa shape index (κ2) is 8.35. The number of rotatable bonds is 5. The zero-order valence-corrected chi connectivity index (χ0v) is 17.2. The third kappa shape index (κ3) is 4.00. The molecule has 2 aromatic carbocycles. The Morgan fingerprint density at radius 2 is 1.84 bits per heavy atom. The van der Waals surface area contributed by atoms with Gasteiger partial charge in [-0.1, -0.05) is 49.4 Å². The number of anilines is 1. The summed E-state index contributed by atoms with van der Waals surface area (Å²) in [4.78, 5) is 47.0. The predicted octanol–water partition coefficient (Wildman–Crippen LogP) is 2.36. The maximum Gasteiger partial charge on any atom is 0.332 e. The highest BCUT2D eigenvalue weighted by atomic mass is 16.2. The first-order valence-corrected chi connectivity index (χ1v) is 9.88. The van der Waals surface area contributed by atoms with Crippen LogP contribution in [0, 0.1) is 0 Å². The lowest BCUT2D eigenvalue weighted by atomic mass is 10.1. The zero-order chi connectivity index (χ0) is 22.0. The van der Waals surface area contributed by atoms with Crippen molar-refractivity contribution in [1.82, 2.24) is 19.1 Å². The van der Waals surface area contributed by atoms with Gasteiger partial charge in [-0.05, 0) is 24.1 Å². The van der Waals surface area contributed by atoms with Crippen LogP contribution in [0.2, 0.25) is 0 Å². The highest BCUT2D eigenvalue weighted by Gasteiger charge is 2.16. The van der Waals surface area contributed by atoms with Crippen molar-refractivity contribution >= 4 is 22.6 Å². The Hall–Kier alpha value is -4.07. The molecule has 0 atom stereocenters. The van der Waals surface area contributed by atoms with Gasteiger partial charge >= 0.3 is 5.69 Å². The Morgan fingerprint density at radius 3 is 2.58 bits per heavy atom. The molecule has 0 radical (unpaired) electrons. The van der Waals surface area contributed by atoms with Crippen molar-refractivity contribution in [3.05, 3.63) is 87.2 Å². The summed E-state index contributed by atoms with van der Waals surface area (Å²) >= 11 is 0. The van der Waals surface area contributed by atoms with E-state index in [4.69, 9.17) is 0 Å². The maximum atomic E-state index is 12.9. The minimum Gasteiger partial charge on any atom is -0.325 e. The smallest absolute Gasteiger partial charge is 0.325 e. The molecule has 0 aliphatic rings. The number of aryl methyl sites for hydroxylation is 2. The molecule has 0 fully saturated rings. The van der Waals surface area contributed by atoms with Crippen LogP contribution in [0.15, 0.2) is 70.4 Å². The van der Waals surface area contributed by atoms with Gasteiger partial charge in [0.15, 0.2) is 11.5 Å². The minimum absolute atomic E-state index is 0.169. The fourth-order valence-electron chi connectivity index (χ4n) is 3.36. The molecule has 2 aromatic heterocycles. The van der Waals surface area contributed by atoms with Gasteiger partial charge in [0.1, 0.15) is 11.9 Å². The molecule has 4 aromatic rings. The van der Waals surface area contributed by atoms with Gasteiger partial charge in [-0.15, -0.1) is 0 Å². The number of nitrogens with zero attached hydrogens (tertiary/aromatic N) is 4. The van der Waals surface area contributed by atoms with Crippen molar-refractivity contribution in [2.75, 3.05) is 5.32 Å². The number of nitrogens with one attached hydrogen (secondary N) is 1. The number of hydrogen-bond donors (Lipinski definition) is 1. The van der Waals surface area contributed by atoms with E-state index in [-0.39, 0.29) is 11.0 Å². The Balaban J connectivity index is 1.69. The molecule has 1 N–H and O–H groups in total. The molecule has 4 rings (SSSR count). The molecular weight excluding hydrogens is 394 g/mol. The van der Waals surface area contributed by atoms with Gasteiger partial charge in [-0.3, -0.25) is 18.7 Å². The van der Waals surface area contributed by atoms with Crippen LogP contribution in [-0.4, -0.2) is 25.0 Å². The molecule has 31 heavy (non-hydrogen) atoms. The van der Waals surface area contributed by atoms with Crippen LogP contribution >= 0.6 is 0 Å². The van der Waals surface area contributed by atoms with Gasteiger partial charge < -0.3 is 5.32 Å². The lowest BCUT2D eigenvalue weighted by Crippen LogP contribution is -2.42. The van der Waals surface area contributed by atoms with Gasteiger partial charge in [0.2, 0.25) is 5.91 Å². The fourth-order valence-corrected chi connectivity index (χ4v) is 3.36. The molecule has 1 amide bonds. The number of amides is 1. The molecule has 0 saturated heterocycles. The summed E-state index contributed by atoms with van der Waals surface area (Å²) < 4.78 is 2.16. The van der Waals surface area contributed by atoms with E-state index in [1.807, 2.05) is 55.5 Å². The topological polar surface area (TPSA) is 98.9 Å². The van der Waals surface area contributed by atoms with E-state index in [0.29, 0.717) is 11.5 Å². The Labute approximate surface area is 177 Å². The van der Waals surface area contributed by atoms with Crippen molar-refractivity contribution in [3.63, 3.8) is 0 Å². The van der Waals surface area contributed by atoms with Crippen LogP contribution in [0.1, 0.15) is 12.5 Å². The van der Waals surface area contributed by atoms with E-state index in [9.17, 15) is 14.4 Å². The van der Waals surface area contributed by atoms with E-state index >= 15 is 0 Å².